The summed E-state index contributed by atoms with van der Waals surface area (Å²) in [6, 6.07) is 3.30. The maximum absolute atomic E-state index is 10.6. The summed E-state index contributed by atoms with van der Waals surface area (Å²) in [5, 5.41) is 17.7. The third kappa shape index (κ3) is 2.65. The van der Waals surface area contributed by atoms with Crippen molar-refractivity contribution in [1.82, 2.24) is 14.8 Å². The standard InChI is InChI=1S/C10H10BrN5O2/c1-15-7(2-3-14-15)5-12-10-9(11)4-8(6-13-10)16(17)18/h2-4,6H,5H2,1H3,(H,12,13). The second-order valence-corrected chi connectivity index (χ2v) is 4.44. The van der Waals surface area contributed by atoms with E-state index in [0.29, 0.717) is 16.8 Å². The molecular formula is C10H10BrN5O2. The summed E-state index contributed by atoms with van der Waals surface area (Å²) < 4.78 is 2.30. The van der Waals surface area contributed by atoms with Gasteiger partial charge in [0.05, 0.1) is 21.6 Å². The molecular weight excluding hydrogens is 302 g/mol. The van der Waals surface area contributed by atoms with Crippen LogP contribution in [0.25, 0.3) is 0 Å². The molecule has 0 aliphatic carbocycles. The number of pyridine rings is 1. The predicted octanol–water partition coefficient (Wildman–Crippen LogP) is 2.10. The van der Waals surface area contributed by atoms with Gasteiger partial charge >= 0.3 is 0 Å². The van der Waals surface area contributed by atoms with Gasteiger partial charge in [0, 0.05) is 19.3 Å². The van der Waals surface area contributed by atoms with Crippen molar-refractivity contribution in [2.45, 2.75) is 6.54 Å². The summed E-state index contributed by atoms with van der Waals surface area (Å²) in [5.74, 6) is 0.557. The van der Waals surface area contributed by atoms with Gasteiger partial charge in [0.25, 0.3) is 5.69 Å². The molecule has 2 heterocycles. The molecule has 0 aliphatic rings. The van der Waals surface area contributed by atoms with E-state index < -0.39 is 4.92 Å². The van der Waals surface area contributed by atoms with Crippen LogP contribution in [0.1, 0.15) is 5.69 Å². The zero-order chi connectivity index (χ0) is 13.1. The van der Waals surface area contributed by atoms with Gasteiger partial charge in [-0.1, -0.05) is 0 Å². The first-order valence-electron chi connectivity index (χ1n) is 5.08. The fourth-order valence-electron chi connectivity index (χ4n) is 1.41. The Hall–Kier alpha value is -1.96. The van der Waals surface area contributed by atoms with Crippen molar-refractivity contribution >= 4 is 27.4 Å². The quantitative estimate of drug-likeness (QED) is 0.690. The van der Waals surface area contributed by atoms with Crippen LogP contribution in [-0.2, 0) is 13.6 Å². The number of nitro groups is 1. The zero-order valence-electron chi connectivity index (χ0n) is 9.50. The van der Waals surface area contributed by atoms with Gasteiger partial charge in [0.2, 0.25) is 0 Å². The van der Waals surface area contributed by atoms with Crippen molar-refractivity contribution in [2.75, 3.05) is 5.32 Å². The maximum Gasteiger partial charge on any atom is 0.288 e. The van der Waals surface area contributed by atoms with Crippen molar-refractivity contribution in [3.63, 3.8) is 0 Å². The normalized spacial score (nSPS) is 10.3. The number of aryl methyl sites for hydroxylation is 1. The monoisotopic (exact) mass is 311 g/mol. The van der Waals surface area contributed by atoms with E-state index in [2.05, 4.69) is 31.3 Å². The lowest BCUT2D eigenvalue weighted by atomic mass is 10.4. The van der Waals surface area contributed by atoms with Crippen molar-refractivity contribution in [2.24, 2.45) is 7.05 Å². The molecule has 8 heteroatoms. The lowest BCUT2D eigenvalue weighted by Gasteiger charge is -2.07. The molecule has 0 unspecified atom stereocenters. The highest BCUT2D eigenvalue weighted by atomic mass is 79.9. The summed E-state index contributed by atoms with van der Waals surface area (Å²) >= 11 is 3.25. The molecule has 94 valence electrons. The second kappa shape index (κ2) is 5.13. The average molecular weight is 312 g/mol. The molecule has 0 aliphatic heterocycles. The highest BCUT2D eigenvalue weighted by Crippen LogP contribution is 2.24. The molecule has 0 radical (unpaired) electrons. The van der Waals surface area contributed by atoms with E-state index in [-0.39, 0.29) is 5.69 Å². The molecule has 0 spiro atoms. The first-order valence-corrected chi connectivity index (χ1v) is 5.88. The minimum atomic E-state index is -0.483. The Morgan fingerprint density at radius 3 is 2.94 bits per heavy atom. The molecule has 2 aromatic rings. The number of rotatable bonds is 4. The highest BCUT2D eigenvalue weighted by Gasteiger charge is 2.10. The summed E-state index contributed by atoms with van der Waals surface area (Å²) in [6.07, 6.45) is 2.92. The van der Waals surface area contributed by atoms with Crippen molar-refractivity contribution in [3.8, 4) is 0 Å². The second-order valence-electron chi connectivity index (χ2n) is 3.58. The van der Waals surface area contributed by atoms with E-state index in [0.717, 1.165) is 5.69 Å². The fourth-order valence-corrected chi connectivity index (χ4v) is 1.88. The minimum Gasteiger partial charge on any atom is -0.363 e. The van der Waals surface area contributed by atoms with Crippen molar-refractivity contribution in [3.05, 3.63) is 44.8 Å². The number of nitrogens with zero attached hydrogens (tertiary/aromatic N) is 4. The van der Waals surface area contributed by atoms with Crippen LogP contribution in [0.2, 0.25) is 0 Å². The van der Waals surface area contributed by atoms with Gasteiger partial charge in [-0.3, -0.25) is 14.8 Å². The van der Waals surface area contributed by atoms with Crippen LogP contribution in [0.3, 0.4) is 0 Å². The van der Waals surface area contributed by atoms with E-state index in [4.69, 9.17) is 0 Å². The summed E-state index contributed by atoms with van der Waals surface area (Å²) in [4.78, 5) is 14.1. The van der Waals surface area contributed by atoms with Crippen LogP contribution in [0, 0.1) is 10.1 Å². The molecule has 0 fully saturated rings. The average Bonchev–Trinajstić information content (AvgIpc) is 2.73. The molecule has 0 saturated carbocycles. The van der Waals surface area contributed by atoms with Gasteiger partial charge in [0.1, 0.15) is 12.0 Å². The largest absolute Gasteiger partial charge is 0.363 e. The van der Waals surface area contributed by atoms with Gasteiger partial charge in [-0.25, -0.2) is 4.98 Å². The smallest absolute Gasteiger partial charge is 0.288 e. The first-order chi connectivity index (χ1) is 8.58. The van der Waals surface area contributed by atoms with Gasteiger partial charge < -0.3 is 5.32 Å². The molecule has 7 nitrogen and oxygen atoms in total. The van der Waals surface area contributed by atoms with Crippen molar-refractivity contribution < 1.29 is 4.92 Å². The number of hydrogen-bond acceptors (Lipinski definition) is 5. The predicted molar refractivity (Wildman–Crippen MR) is 69.1 cm³/mol. The van der Waals surface area contributed by atoms with Crippen LogP contribution in [-0.4, -0.2) is 19.7 Å². The molecule has 2 aromatic heterocycles. The van der Waals surface area contributed by atoms with E-state index in [1.54, 1.807) is 10.9 Å². The molecule has 0 aromatic carbocycles. The lowest BCUT2D eigenvalue weighted by molar-refractivity contribution is -0.385. The number of aromatic nitrogens is 3. The third-order valence-corrected chi connectivity index (χ3v) is 3.00. The zero-order valence-corrected chi connectivity index (χ0v) is 11.1. The maximum atomic E-state index is 10.6. The summed E-state index contributed by atoms with van der Waals surface area (Å²) in [7, 11) is 1.84. The lowest BCUT2D eigenvalue weighted by Crippen LogP contribution is -2.07. The van der Waals surface area contributed by atoms with E-state index >= 15 is 0 Å². The van der Waals surface area contributed by atoms with Gasteiger partial charge in [-0.15, -0.1) is 0 Å². The number of nitrogens with one attached hydrogen (secondary N) is 1. The van der Waals surface area contributed by atoms with Crippen LogP contribution >= 0.6 is 15.9 Å². The van der Waals surface area contributed by atoms with Gasteiger partial charge in [-0.2, -0.15) is 5.10 Å². The Kier molecular flexibility index (Phi) is 3.56. The fraction of sp³-hybridized carbons (Fsp3) is 0.200. The van der Waals surface area contributed by atoms with Crippen LogP contribution in [0.5, 0.6) is 0 Å². The topological polar surface area (TPSA) is 85.9 Å². The van der Waals surface area contributed by atoms with E-state index in [9.17, 15) is 10.1 Å². The van der Waals surface area contributed by atoms with E-state index in [1.807, 2.05) is 13.1 Å². The Bertz CT molecular complexity index is 583. The molecule has 0 bridgehead atoms. The van der Waals surface area contributed by atoms with Crippen molar-refractivity contribution in [1.29, 1.82) is 0 Å². The molecule has 2 rings (SSSR count). The number of anilines is 1. The van der Waals surface area contributed by atoms with Gasteiger partial charge in [0.15, 0.2) is 0 Å². The Morgan fingerprint density at radius 1 is 1.61 bits per heavy atom. The molecule has 1 N–H and O–H groups in total. The SMILES string of the molecule is Cn1nccc1CNc1ncc([N+](=O)[O-])cc1Br. The summed E-state index contributed by atoms with van der Waals surface area (Å²) in [6.45, 7) is 0.542. The number of halogens is 1. The van der Waals surface area contributed by atoms with Crippen LogP contribution in [0.4, 0.5) is 11.5 Å². The Labute approximate surface area is 111 Å². The van der Waals surface area contributed by atoms with Crippen LogP contribution in [0.15, 0.2) is 29.0 Å². The molecule has 0 atom stereocenters. The number of hydrogen-bond donors (Lipinski definition) is 1. The minimum absolute atomic E-state index is 0.0482. The third-order valence-electron chi connectivity index (χ3n) is 2.40. The molecule has 0 amide bonds. The van der Waals surface area contributed by atoms with Crippen LogP contribution < -0.4 is 5.32 Å². The van der Waals surface area contributed by atoms with E-state index in [1.165, 1.54) is 12.3 Å². The van der Waals surface area contributed by atoms with Gasteiger partial charge in [-0.05, 0) is 22.0 Å². The Balaban J connectivity index is 2.11. The molecule has 18 heavy (non-hydrogen) atoms. The first kappa shape index (κ1) is 12.5. The summed E-state index contributed by atoms with van der Waals surface area (Å²) in [5.41, 5.74) is 0.940. The highest BCUT2D eigenvalue weighted by molar-refractivity contribution is 9.10. The Morgan fingerprint density at radius 2 is 2.39 bits per heavy atom. The molecule has 0 saturated heterocycles.